The van der Waals surface area contributed by atoms with Gasteiger partial charge in [0.05, 0.1) is 18.8 Å². The van der Waals surface area contributed by atoms with Crippen molar-refractivity contribution in [3.63, 3.8) is 0 Å². The SMILES string of the molecule is O=C(Nc1cccc(F)c1)Nc1ccnn1C1CCN(Cc2nccs2)CC1. The van der Waals surface area contributed by atoms with Gasteiger partial charge in [-0.05, 0) is 31.0 Å². The Kier molecular flexibility index (Phi) is 5.63. The topological polar surface area (TPSA) is 75.1 Å². The lowest BCUT2D eigenvalue weighted by Gasteiger charge is -2.32. The van der Waals surface area contributed by atoms with E-state index in [1.165, 1.54) is 12.1 Å². The fraction of sp³-hybridized carbons (Fsp3) is 0.316. The zero-order valence-corrected chi connectivity index (χ0v) is 16.0. The van der Waals surface area contributed by atoms with Crippen molar-refractivity contribution in [2.24, 2.45) is 0 Å². The van der Waals surface area contributed by atoms with E-state index in [4.69, 9.17) is 0 Å². The Bertz CT molecular complexity index is 920. The third kappa shape index (κ3) is 4.55. The molecule has 0 atom stereocenters. The van der Waals surface area contributed by atoms with Crippen LogP contribution in [0.15, 0.2) is 48.1 Å². The van der Waals surface area contributed by atoms with Gasteiger partial charge in [-0.25, -0.2) is 18.9 Å². The summed E-state index contributed by atoms with van der Waals surface area (Å²) in [6, 6.07) is 7.37. The van der Waals surface area contributed by atoms with Crippen LogP contribution in [0, 0.1) is 5.82 Å². The summed E-state index contributed by atoms with van der Waals surface area (Å²) in [5.74, 6) is 0.236. The fourth-order valence-corrected chi connectivity index (χ4v) is 4.05. The van der Waals surface area contributed by atoms with E-state index in [2.05, 4.69) is 25.6 Å². The first-order valence-corrected chi connectivity index (χ1v) is 10.0. The van der Waals surface area contributed by atoms with Crippen molar-refractivity contribution in [1.82, 2.24) is 19.7 Å². The van der Waals surface area contributed by atoms with Crippen LogP contribution in [0.3, 0.4) is 0 Å². The number of nitrogens with zero attached hydrogens (tertiary/aromatic N) is 4. The van der Waals surface area contributed by atoms with Crippen molar-refractivity contribution in [2.45, 2.75) is 25.4 Å². The summed E-state index contributed by atoms with van der Waals surface area (Å²) in [6.07, 6.45) is 5.42. The number of benzene rings is 1. The zero-order valence-electron chi connectivity index (χ0n) is 15.2. The molecule has 1 aromatic carbocycles. The average molecular weight is 400 g/mol. The van der Waals surface area contributed by atoms with Crippen LogP contribution in [0.1, 0.15) is 23.9 Å². The van der Waals surface area contributed by atoms with Gasteiger partial charge in [0.2, 0.25) is 0 Å². The van der Waals surface area contributed by atoms with Crippen molar-refractivity contribution in [1.29, 1.82) is 0 Å². The second-order valence-electron chi connectivity index (χ2n) is 6.68. The number of nitrogens with one attached hydrogen (secondary N) is 2. The lowest BCUT2D eigenvalue weighted by molar-refractivity contribution is 0.174. The molecule has 9 heteroatoms. The van der Waals surface area contributed by atoms with E-state index >= 15 is 0 Å². The molecular weight excluding hydrogens is 379 g/mol. The maximum Gasteiger partial charge on any atom is 0.324 e. The van der Waals surface area contributed by atoms with Crippen molar-refractivity contribution in [2.75, 3.05) is 23.7 Å². The highest BCUT2D eigenvalue weighted by atomic mass is 32.1. The third-order valence-corrected chi connectivity index (χ3v) is 5.50. The molecule has 4 rings (SSSR count). The smallest absolute Gasteiger partial charge is 0.308 e. The normalized spacial score (nSPS) is 15.5. The Labute approximate surface area is 166 Å². The van der Waals surface area contributed by atoms with Crippen LogP contribution in [-0.2, 0) is 6.54 Å². The molecule has 3 heterocycles. The summed E-state index contributed by atoms with van der Waals surface area (Å²) < 4.78 is 15.1. The first kappa shape index (κ1) is 18.6. The number of rotatable bonds is 5. The number of hydrogen-bond acceptors (Lipinski definition) is 5. The summed E-state index contributed by atoms with van der Waals surface area (Å²) in [4.78, 5) is 19.0. The predicted molar refractivity (Wildman–Crippen MR) is 107 cm³/mol. The van der Waals surface area contributed by atoms with E-state index in [0.717, 1.165) is 37.5 Å². The molecule has 3 aromatic rings. The number of hydrogen-bond donors (Lipinski definition) is 2. The van der Waals surface area contributed by atoms with Crippen molar-refractivity contribution in [3.8, 4) is 0 Å². The number of amides is 2. The van der Waals surface area contributed by atoms with Crippen LogP contribution in [0.25, 0.3) is 0 Å². The monoisotopic (exact) mass is 400 g/mol. The molecule has 0 spiro atoms. The molecule has 28 heavy (non-hydrogen) atoms. The van der Waals surface area contributed by atoms with Crippen LogP contribution in [0.2, 0.25) is 0 Å². The van der Waals surface area contributed by atoms with Gasteiger partial charge in [0.1, 0.15) is 16.6 Å². The molecule has 2 aromatic heterocycles. The van der Waals surface area contributed by atoms with E-state index in [-0.39, 0.29) is 6.04 Å². The lowest BCUT2D eigenvalue weighted by Crippen LogP contribution is -2.35. The van der Waals surface area contributed by atoms with Gasteiger partial charge in [0.15, 0.2) is 0 Å². The van der Waals surface area contributed by atoms with E-state index in [0.29, 0.717) is 11.5 Å². The summed E-state index contributed by atoms with van der Waals surface area (Å²) in [5.41, 5.74) is 0.402. The van der Waals surface area contributed by atoms with Crippen molar-refractivity contribution < 1.29 is 9.18 Å². The second-order valence-corrected chi connectivity index (χ2v) is 7.66. The molecule has 0 radical (unpaired) electrons. The molecule has 0 unspecified atom stereocenters. The summed E-state index contributed by atoms with van der Waals surface area (Å²) in [6.45, 7) is 2.79. The quantitative estimate of drug-likeness (QED) is 0.680. The highest BCUT2D eigenvalue weighted by Crippen LogP contribution is 2.26. The average Bonchev–Trinajstić information content (AvgIpc) is 3.34. The van der Waals surface area contributed by atoms with Crippen molar-refractivity contribution in [3.05, 3.63) is 58.9 Å². The maximum atomic E-state index is 13.3. The van der Waals surface area contributed by atoms with Gasteiger partial charge < -0.3 is 5.32 Å². The number of urea groups is 1. The molecule has 146 valence electrons. The number of aromatic nitrogens is 3. The first-order valence-electron chi connectivity index (χ1n) is 9.15. The largest absolute Gasteiger partial charge is 0.324 e. The number of carbonyl (C=O) groups excluding carboxylic acids is 1. The summed E-state index contributed by atoms with van der Waals surface area (Å²) >= 11 is 1.68. The molecule has 7 nitrogen and oxygen atoms in total. The highest BCUT2D eigenvalue weighted by Gasteiger charge is 2.23. The highest BCUT2D eigenvalue weighted by molar-refractivity contribution is 7.09. The van der Waals surface area contributed by atoms with Crippen LogP contribution >= 0.6 is 11.3 Å². The minimum Gasteiger partial charge on any atom is -0.308 e. The third-order valence-electron chi connectivity index (χ3n) is 4.74. The number of likely N-dealkylation sites (tertiary alicyclic amines) is 1. The molecule has 1 fully saturated rings. The molecule has 0 aliphatic carbocycles. The number of anilines is 2. The Morgan fingerprint density at radius 3 is 2.82 bits per heavy atom. The van der Waals surface area contributed by atoms with Gasteiger partial charge in [-0.3, -0.25) is 10.2 Å². The van der Waals surface area contributed by atoms with Crippen LogP contribution in [0.4, 0.5) is 20.7 Å². The van der Waals surface area contributed by atoms with Gasteiger partial charge >= 0.3 is 6.03 Å². The van der Waals surface area contributed by atoms with Gasteiger partial charge in [0, 0.05) is 36.4 Å². The summed E-state index contributed by atoms with van der Waals surface area (Å²) in [5, 5.41) is 13.0. The van der Waals surface area contributed by atoms with Gasteiger partial charge in [-0.1, -0.05) is 6.07 Å². The van der Waals surface area contributed by atoms with E-state index in [1.54, 1.807) is 35.7 Å². The van der Waals surface area contributed by atoms with Crippen LogP contribution in [0.5, 0.6) is 0 Å². The number of piperidine rings is 1. The van der Waals surface area contributed by atoms with Crippen LogP contribution in [-0.4, -0.2) is 38.8 Å². The Hall–Kier alpha value is -2.78. The first-order chi connectivity index (χ1) is 13.7. The lowest BCUT2D eigenvalue weighted by atomic mass is 10.1. The second kappa shape index (κ2) is 8.49. The van der Waals surface area contributed by atoms with Crippen LogP contribution < -0.4 is 10.6 Å². The molecular formula is C19H21FN6OS. The van der Waals surface area contributed by atoms with Gasteiger partial charge in [-0.2, -0.15) is 5.10 Å². The number of carbonyl (C=O) groups is 1. The van der Waals surface area contributed by atoms with Gasteiger partial charge in [-0.15, -0.1) is 11.3 Å². The molecule has 1 aliphatic heterocycles. The maximum absolute atomic E-state index is 13.3. The Morgan fingerprint density at radius 1 is 1.21 bits per heavy atom. The minimum absolute atomic E-state index is 0.229. The van der Waals surface area contributed by atoms with Gasteiger partial charge in [0.25, 0.3) is 0 Å². The standard InChI is InChI=1S/C19H21FN6OS/c20-14-2-1-3-15(12-14)23-19(27)24-17-4-7-22-26(17)16-5-9-25(10-6-16)13-18-21-8-11-28-18/h1-4,7-8,11-12,16H,5-6,9-10,13H2,(H2,23,24,27). The molecule has 2 N–H and O–H groups in total. The molecule has 0 saturated carbocycles. The molecule has 1 aliphatic rings. The zero-order chi connectivity index (χ0) is 19.3. The van der Waals surface area contributed by atoms with E-state index in [9.17, 15) is 9.18 Å². The van der Waals surface area contributed by atoms with E-state index in [1.807, 2.05) is 16.3 Å². The van der Waals surface area contributed by atoms with E-state index < -0.39 is 11.8 Å². The minimum atomic E-state index is -0.423. The molecule has 0 bridgehead atoms. The van der Waals surface area contributed by atoms with Crippen molar-refractivity contribution >= 4 is 28.9 Å². The predicted octanol–water partition coefficient (Wildman–Crippen LogP) is 3.96. The molecule has 2 amide bonds. The Balaban J connectivity index is 1.33. The fourth-order valence-electron chi connectivity index (χ4n) is 3.39. The Morgan fingerprint density at radius 2 is 2.07 bits per heavy atom. The molecule has 1 saturated heterocycles. The number of thiazole rings is 1. The number of halogens is 1. The summed E-state index contributed by atoms with van der Waals surface area (Å²) in [7, 11) is 0.